The predicted octanol–water partition coefficient (Wildman–Crippen LogP) is 1.07. The molecule has 0 spiro atoms. The smallest absolute Gasteiger partial charge is 0.127 e. The zero-order valence-corrected chi connectivity index (χ0v) is 7.43. The Balaban J connectivity index is 2.57. The fourth-order valence-electron chi connectivity index (χ4n) is 1.64. The molecule has 0 aliphatic carbocycles. The van der Waals surface area contributed by atoms with Crippen LogP contribution >= 0.6 is 0 Å². The van der Waals surface area contributed by atoms with Gasteiger partial charge in [-0.3, -0.25) is 4.90 Å². The maximum absolute atomic E-state index is 13.6. The molecule has 0 N–H and O–H groups in total. The first-order valence-corrected chi connectivity index (χ1v) is 3.96. The number of hydrogen-bond acceptors (Lipinski definition) is 2. The standard InChI is InChI=1S/C8H16FNO/c1-8(9)4-5-10(2)7(8)6-11-3/h7H,4-6H2,1-3H3/t7-,8-/m1/s1. The van der Waals surface area contributed by atoms with Crippen LogP contribution in [0.25, 0.3) is 0 Å². The van der Waals surface area contributed by atoms with E-state index >= 15 is 0 Å². The highest BCUT2D eigenvalue weighted by Crippen LogP contribution is 2.30. The van der Waals surface area contributed by atoms with Crippen LogP contribution in [-0.4, -0.2) is 43.9 Å². The fraction of sp³-hybridized carbons (Fsp3) is 1.00. The van der Waals surface area contributed by atoms with Gasteiger partial charge in [0.05, 0.1) is 12.6 Å². The first kappa shape index (κ1) is 8.94. The molecule has 0 bridgehead atoms. The first-order chi connectivity index (χ1) is 5.08. The van der Waals surface area contributed by atoms with Gasteiger partial charge in [-0.25, -0.2) is 4.39 Å². The minimum Gasteiger partial charge on any atom is -0.383 e. The lowest BCUT2D eigenvalue weighted by Crippen LogP contribution is -2.41. The Kier molecular flexibility index (Phi) is 2.50. The van der Waals surface area contributed by atoms with Crippen molar-refractivity contribution in [2.24, 2.45) is 0 Å². The summed E-state index contributed by atoms with van der Waals surface area (Å²) >= 11 is 0. The average molecular weight is 161 g/mol. The van der Waals surface area contributed by atoms with Crippen molar-refractivity contribution >= 4 is 0 Å². The molecule has 1 aliphatic rings. The van der Waals surface area contributed by atoms with E-state index in [1.165, 1.54) is 0 Å². The molecular weight excluding hydrogens is 145 g/mol. The van der Waals surface area contributed by atoms with Crippen LogP contribution in [0.5, 0.6) is 0 Å². The van der Waals surface area contributed by atoms with E-state index in [0.717, 1.165) is 6.54 Å². The van der Waals surface area contributed by atoms with E-state index < -0.39 is 5.67 Å². The summed E-state index contributed by atoms with van der Waals surface area (Å²) in [6.07, 6.45) is 0.623. The van der Waals surface area contributed by atoms with Gasteiger partial charge >= 0.3 is 0 Å². The Morgan fingerprint density at radius 2 is 2.36 bits per heavy atom. The number of hydrogen-bond donors (Lipinski definition) is 0. The highest BCUT2D eigenvalue weighted by Gasteiger charge is 2.42. The first-order valence-electron chi connectivity index (χ1n) is 3.96. The van der Waals surface area contributed by atoms with E-state index in [4.69, 9.17) is 4.74 Å². The van der Waals surface area contributed by atoms with Gasteiger partial charge in [-0.2, -0.15) is 0 Å². The third-order valence-electron chi connectivity index (χ3n) is 2.50. The molecule has 1 saturated heterocycles. The number of nitrogens with zero attached hydrogens (tertiary/aromatic N) is 1. The van der Waals surface area contributed by atoms with Crippen molar-refractivity contribution in [3.05, 3.63) is 0 Å². The molecule has 0 aromatic heterocycles. The number of rotatable bonds is 2. The molecule has 1 aliphatic heterocycles. The SMILES string of the molecule is COC[C@H]1N(C)CC[C@@]1(C)F. The summed E-state index contributed by atoms with van der Waals surface area (Å²) in [6.45, 7) is 2.98. The van der Waals surface area contributed by atoms with Crippen LogP contribution in [0, 0.1) is 0 Å². The van der Waals surface area contributed by atoms with Crippen molar-refractivity contribution in [3.63, 3.8) is 0 Å². The predicted molar refractivity (Wildman–Crippen MR) is 42.4 cm³/mol. The molecule has 66 valence electrons. The molecule has 0 aromatic carbocycles. The molecule has 1 heterocycles. The summed E-state index contributed by atoms with van der Waals surface area (Å²) in [5.74, 6) is 0. The summed E-state index contributed by atoms with van der Waals surface area (Å²) in [6, 6.07) is -0.0625. The van der Waals surface area contributed by atoms with Crippen LogP contribution in [0.3, 0.4) is 0 Å². The second-order valence-corrected chi connectivity index (χ2v) is 3.48. The lowest BCUT2D eigenvalue weighted by atomic mass is 10.0. The molecule has 11 heavy (non-hydrogen) atoms. The van der Waals surface area contributed by atoms with E-state index in [1.807, 2.05) is 11.9 Å². The van der Waals surface area contributed by atoms with Crippen molar-refractivity contribution in [2.75, 3.05) is 27.3 Å². The van der Waals surface area contributed by atoms with Gasteiger partial charge in [0.15, 0.2) is 0 Å². The van der Waals surface area contributed by atoms with Gasteiger partial charge < -0.3 is 4.74 Å². The number of halogens is 1. The molecule has 2 atom stereocenters. The Hall–Kier alpha value is -0.150. The molecular formula is C8H16FNO. The summed E-state index contributed by atoms with van der Waals surface area (Å²) in [5.41, 5.74) is -1.06. The highest BCUT2D eigenvalue weighted by molar-refractivity contribution is 4.95. The second kappa shape index (κ2) is 3.07. The lowest BCUT2D eigenvalue weighted by Gasteiger charge is -2.26. The second-order valence-electron chi connectivity index (χ2n) is 3.48. The van der Waals surface area contributed by atoms with E-state index in [-0.39, 0.29) is 6.04 Å². The van der Waals surface area contributed by atoms with E-state index in [9.17, 15) is 4.39 Å². The number of alkyl halides is 1. The van der Waals surface area contributed by atoms with Crippen LogP contribution in [-0.2, 0) is 4.74 Å². The van der Waals surface area contributed by atoms with Crippen LogP contribution in [0.15, 0.2) is 0 Å². The Labute approximate surface area is 67.3 Å². The zero-order chi connectivity index (χ0) is 8.48. The minimum atomic E-state index is -1.06. The third-order valence-corrected chi connectivity index (χ3v) is 2.50. The zero-order valence-electron chi connectivity index (χ0n) is 7.43. The fourth-order valence-corrected chi connectivity index (χ4v) is 1.64. The van der Waals surface area contributed by atoms with Crippen molar-refractivity contribution in [2.45, 2.75) is 25.1 Å². The molecule has 0 saturated carbocycles. The summed E-state index contributed by atoms with van der Waals surface area (Å²) in [5, 5.41) is 0. The molecule has 0 amide bonds. The van der Waals surface area contributed by atoms with Crippen LogP contribution in [0.2, 0.25) is 0 Å². The van der Waals surface area contributed by atoms with E-state index in [2.05, 4.69) is 0 Å². The van der Waals surface area contributed by atoms with Crippen molar-refractivity contribution < 1.29 is 9.13 Å². The maximum atomic E-state index is 13.6. The molecule has 1 fully saturated rings. The topological polar surface area (TPSA) is 12.5 Å². The van der Waals surface area contributed by atoms with Gasteiger partial charge in [0.1, 0.15) is 5.67 Å². The molecule has 1 rings (SSSR count). The number of methoxy groups -OCH3 is 1. The minimum absolute atomic E-state index is 0.0625. The quantitative estimate of drug-likeness (QED) is 0.600. The summed E-state index contributed by atoms with van der Waals surface area (Å²) < 4.78 is 18.5. The number of likely N-dealkylation sites (tertiary alicyclic amines) is 1. The van der Waals surface area contributed by atoms with Crippen molar-refractivity contribution in [1.29, 1.82) is 0 Å². The van der Waals surface area contributed by atoms with Crippen LogP contribution in [0.1, 0.15) is 13.3 Å². The summed E-state index contributed by atoms with van der Waals surface area (Å²) in [4.78, 5) is 2.02. The Morgan fingerprint density at radius 1 is 1.73 bits per heavy atom. The van der Waals surface area contributed by atoms with Gasteiger partial charge in [0.2, 0.25) is 0 Å². The van der Waals surface area contributed by atoms with Gasteiger partial charge in [0.25, 0.3) is 0 Å². The average Bonchev–Trinajstić information content (AvgIpc) is 2.16. The maximum Gasteiger partial charge on any atom is 0.127 e. The molecule has 0 unspecified atom stereocenters. The Morgan fingerprint density at radius 3 is 2.73 bits per heavy atom. The van der Waals surface area contributed by atoms with Crippen LogP contribution < -0.4 is 0 Å². The molecule has 0 aromatic rings. The van der Waals surface area contributed by atoms with Crippen molar-refractivity contribution in [3.8, 4) is 0 Å². The van der Waals surface area contributed by atoms with Gasteiger partial charge in [-0.05, 0) is 20.4 Å². The highest BCUT2D eigenvalue weighted by atomic mass is 19.1. The monoisotopic (exact) mass is 161 g/mol. The van der Waals surface area contributed by atoms with Crippen molar-refractivity contribution in [1.82, 2.24) is 4.90 Å². The van der Waals surface area contributed by atoms with Crippen LogP contribution in [0.4, 0.5) is 4.39 Å². The molecule has 3 heteroatoms. The summed E-state index contributed by atoms with van der Waals surface area (Å²) in [7, 11) is 3.55. The van der Waals surface area contributed by atoms with E-state index in [1.54, 1.807) is 14.0 Å². The van der Waals surface area contributed by atoms with E-state index in [0.29, 0.717) is 13.0 Å². The lowest BCUT2D eigenvalue weighted by molar-refractivity contribution is 0.0524. The van der Waals surface area contributed by atoms with Gasteiger partial charge in [-0.1, -0.05) is 0 Å². The third kappa shape index (κ3) is 1.71. The Bertz CT molecular complexity index is 138. The normalized spacial score (nSPS) is 39.8. The molecule has 2 nitrogen and oxygen atoms in total. The molecule has 0 radical (unpaired) electrons. The largest absolute Gasteiger partial charge is 0.383 e. The van der Waals surface area contributed by atoms with Gasteiger partial charge in [-0.15, -0.1) is 0 Å². The number of likely N-dealkylation sites (N-methyl/N-ethyl adjacent to an activating group) is 1. The van der Waals surface area contributed by atoms with Gasteiger partial charge in [0, 0.05) is 13.7 Å². The number of ether oxygens (including phenoxy) is 1.